The van der Waals surface area contributed by atoms with Crippen LogP contribution in [0.2, 0.25) is 9.36 Å². The summed E-state index contributed by atoms with van der Waals surface area (Å²) in [6, 6.07) is 4.67. The summed E-state index contributed by atoms with van der Waals surface area (Å²) in [5, 5.41) is 5.82. The molecule has 3 aromatic heterocycles. The van der Waals surface area contributed by atoms with E-state index in [-0.39, 0.29) is 11.8 Å². The molecule has 0 fully saturated rings. The second kappa shape index (κ2) is 5.77. The lowest BCUT2D eigenvalue weighted by Gasteiger charge is -2.24. The molecule has 1 aliphatic rings. The molecule has 0 radical (unpaired) electrons. The standard InChI is InChI=1S/C15H10Cl2N4O2S/c16-10-11-9(24-12(10)17)5-8(19-11)14(22)20-7-4-6-2-1-3-18-13(6)21-15(7)23/h1-3,5,7,19H,4H2,(H,20,22)(H,18,21,23). The van der Waals surface area contributed by atoms with Crippen LogP contribution in [-0.4, -0.2) is 27.8 Å². The molecule has 0 aromatic carbocycles. The van der Waals surface area contributed by atoms with E-state index in [1.165, 1.54) is 11.3 Å². The Bertz CT molecular complexity index is 981. The number of hydrogen-bond donors (Lipinski definition) is 3. The highest BCUT2D eigenvalue weighted by Crippen LogP contribution is 2.38. The lowest BCUT2D eigenvalue weighted by Crippen LogP contribution is -2.47. The SMILES string of the molecule is O=C(NC1Cc2cccnc2NC1=O)c1cc2sc(Cl)c(Cl)c2[nH]1. The molecule has 6 nitrogen and oxygen atoms in total. The monoisotopic (exact) mass is 380 g/mol. The number of amides is 2. The molecule has 4 rings (SSSR count). The van der Waals surface area contributed by atoms with Crippen LogP contribution in [0.4, 0.5) is 5.82 Å². The van der Waals surface area contributed by atoms with E-state index in [4.69, 9.17) is 23.2 Å². The molecule has 24 heavy (non-hydrogen) atoms. The molecular weight excluding hydrogens is 371 g/mol. The van der Waals surface area contributed by atoms with Crippen molar-refractivity contribution >= 4 is 62.4 Å². The minimum Gasteiger partial charge on any atom is -0.349 e. The van der Waals surface area contributed by atoms with E-state index in [9.17, 15) is 9.59 Å². The van der Waals surface area contributed by atoms with Crippen molar-refractivity contribution in [3.63, 3.8) is 0 Å². The minimum absolute atomic E-state index is 0.288. The van der Waals surface area contributed by atoms with Crippen molar-refractivity contribution in [2.24, 2.45) is 0 Å². The van der Waals surface area contributed by atoms with Crippen molar-refractivity contribution in [2.45, 2.75) is 12.5 Å². The van der Waals surface area contributed by atoms with Gasteiger partial charge in [0.2, 0.25) is 5.91 Å². The Morgan fingerprint density at radius 1 is 1.42 bits per heavy atom. The quantitative estimate of drug-likeness (QED) is 0.637. The number of carbonyl (C=O) groups is 2. The highest BCUT2D eigenvalue weighted by molar-refractivity contribution is 7.23. The van der Waals surface area contributed by atoms with Crippen LogP contribution in [0.15, 0.2) is 24.4 Å². The van der Waals surface area contributed by atoms with E-state index in [2.05, 4.69) is 20.6 Å². The highest BCUT2D eigenvalue weighted by Gasteiger charge is 2.29. The Labute approximate surface area is 150 Å². The van der Waals surface area contributed by atoms with Gasteiger partial charge in [0.1, 0.15) is 21.9 Å². The Morgan fingerprint density at radius 2 is 2.25 bits per heavy atom. The number of H-pyrrole nitrogens is 1. The van der Waals surface area contributed by atoms with E-state index in [0.717, 1.165) is 10.3 Å². The van der Waals surface area contributed by atoms with Gasteiger partial charge >= 0.3 is 0 Å². The fourth-order valence-electron chi connectivity index (χ4n) is 2.63. The largest absolute Gasteiger partial charge is 0.349 e. The molecule has 9 heteroatoms. The molecular formula is C15H10Cl2N4O2S. The summed E-state index contributed by atoms with van der Waals surface area (Å²) >= 11 is 13.3. The third-order valence-corrected chi connectivity index (χ3v) is 5.73. The molecule has 2 amide bonds. The van der Waals surface area contributed by atoms with Gasteiger partial charge in [-0.25, -0.2) is 4.98 Å². The van der Waals surface area contributed by atoms with Crippen molar-refractivity contribution in [1.29, 1.82) is 0 Å². The Kier molecular flexibility index (Phi) is 3.71. The number of nitrogens with one attached hydrogen (secondary N) is 3. The predicted molar refractivity (Wildman–Crippen MR) is 94.0 cm³/mol. The number of carbonyl (C=O) groups excluding carboxylic acids is 2. The van der Waals surface area contributed by atoms with Crippen LogP contribution in [0, 0.1) is 0 Å². The molecule has 3 N–H and O–H groups in total. The van der Waals surface area contributed by atoms with E-state index < -0.39 is 6.04 Å². The maximum Gasteiger partial charge on any atom is 0.268 e. The van der Waals surface area contributed by atoms with Crippen LogP contribution in [0.25, 0.3) is 10.2 Å². The molecule has 0 saturated heterocycles. The second-order valence-electron chi connectivity index (χ2n) is 5.34. The predicted octanol–water partition coefficient (Wildman–Crippen LogP) is 3.22. The summed E-state index contributed by atoms with van der Waals surface area (Å²) in [5.74, 6) is -0.128. The first kappa shape index (κ1) is 15.4. The zero-order valence-corrected chi connectivity index (χ0v) is 14.4. The Morgan fingerprint density at radius 3 is 3.04 bits per heavy atom. The number of nitrogens with zero attached hydrogens (tertiary/aromatic N) is 1. The molecule has 1 unspecified atom stereocenters. The van der Waals surface area contributed by atoms with Gasteiger partial charge in [-0.3, -0.25) is 9.59 Å². The lowest BCUT2D eigenvalue weighted by atomic mass is 10.0. The normalized spacial score (nSPS) is 16.8. The molecule has 0 saturated carbocycles. The van der Waals surface area contributed by atoms with Crippen LogP contribution >= 0.6 is 34.5 Å². The van der Waals surface area contributed by atoms with E-state index >= 15 is 0 Å². The number of aromatic nitrogens is 2. The first-order valence-corrected chi connectivity index (χ1v) is 8.62. The number of hydrogen-bond acceptors (Lipinski definition) is 4. The average molecular weight is 381 g/mol. The number of fused-ring (bicyclic) bond motifs is 2. The Balaban J connectivity index is 1.56. The molecule has 1 aliphatic heterocycles. The van der Waals surface area contributed by atoms with E-state index in [1.807, 2.05) is 6.07 Å². The maximum atomic E-state index is 12.4. The van der Waals surface area contributed by atoms with E-state index in [1.54, 1.807) is 18.3 Å². The Hall–Kier alpha value is -2.09. The molecule has 0 aliphatic carbocycles. The summed E-state index contributed by atoms with van der Waals surface area (Å²) in [4.78, 5) is 31.6. The number of aromatic amines is 1. The molecule has 0 bridgehead atoms. The van der Waals surface area contributed by atoms with Gasteiger partial charge in [-0.1, -0.05) is 29.3 Å². The summed E-state index contributed by atoms with van der Waals surface area (Å²) < 4.78 is 1.26. The van der Waals surface area contributed by atoms with Gasteiger partial charge in [0, 0.05) is 12.6 Å². The van der Waals surface area contributed by atoms with E-state index in [0.29, 0.717) is 32.8 Å². The molecule has 0 spiro atoms. The van der Waals surface area contributed by atoms with Gasteiger partial charge in [-0.2, -0.15) is 0 Å². The first-order chi connectivity index (χ1) is 11.5. The summed E-state index contributed by atoms with van der Waals surface area (Å²) in [7, 11) is 0. The van der Waals surface area contributed by atoms with Crippen molar-refractivity contribution in [1.82, 2.24) is 15.3 Å². The fourth-order valence-corrected chi connectivity index (χ4v) is 4.11. The topological polar surface area (TPSA) is 86.9 Å². The lowest BCUT2D eigenvalue weighted by molar-refractivity contribution is -0.118. The van der Waals surface area contributed by atoms with Crippen LogP contribution < -0.4 is 10.6 Å². The van der Waals surface area contributed by atoms with Gasteiger partial charge in [-0.05, 0) is 17.7 Å². The maximum absolute atomic E-state index is 12.4. The van der Waals surface area contributed by atoms with Gasteiger partial charge in [0.05, 0.1) is 15.2 Å². The number of pyridine rings is 1. The molecule has 4 heterocycles. The highest BCUT2D eigenvalue weighted by atomic mass is 35.5. The van der Waals surface area contributed by atoms with Crippen molar-refractivity contribution in [3.05, 3.63) is 45.0 Å². The second-order valence-corrected chi connectivity index (χ2v) is 7.37. The fraction of sp³-hybridized carbons (Fsp3) is 0.133. The summed E-state index contributed by atoms with van der Waals surface area (Å²) in [6.07, 6.45) is 2.00. The number of thiophene rings is 1. The van der Waals surface area contributed by atoms with Crippen LogP contribution in [-0.2, 0) is 11.2 Å². The minimum atomic E-state index is -0.658. The summed E-state index contributed by atoms with van der Waals surface area (Å²) in [5.41, 5.74) is 1.84. The van der Waals surface area contributed by atoms with Gasteiger partial charge < -0.3 is 15.6 Å². The van der Waals surface area contributed by atoms with Crippen LogP contribution in [0.3, 0.4) is 0 Å². The smallest absolute Gasteiger partial charge is 0.268 e. The zero-order valence-electron chi connectivity index (χ0n) is 12.0. The van der Waals surface area contributed by atoms with Gasteiger partial charge in [0.15, 0.2) is 0 Å². The first-order valence-electron chi connectivity index (χ1n) is 7.05. The molecule has 1 atom stereocenters. The molecule has 122 valence electrons. The van der Waals surface area contributed by atoms with Gasteiger partial charge in [-0.15, -0.1) is 11.3 Å². The third-order valence-electron chi connectivity index (χ3n) is 3.80. The van der Waals surface area contributed by atoms with Gasteiger partial charge in [0.25, 0.3) is 5.91 Å². The average Bonchev–Trinajstić information content (AvgIpc) is 3.08. The third kappa shape index (κ3) is 2.54. The zero-order chi connectivity index (χ0) is 16.8. The number of halogens is 2. The van der Waals surface area contributed by atoms with Crippen molar-refractivity contribution in [3.8, 4) is 0 Å². The number of rotatable bonds is 2. The van der Waals surface area contributed by atoms with Crippen LogP contribution in [0.5, 0.6) is 0 Å². The van der Waals surface area contributed by atoms with Crippen molar-refractivity contribution < 1.29 is 9.59 Å². The van der Waals surface area contributed by atoms with Crippen molar-refractivity contribution in [2.75, 3.05) is 5.32 Å². The summed E-state index contributed by atoms with van der Waals surface area (Å²) in [6.45, 7) is 0. The van der Waals surface area contributed by atoms with Crippen LogP contribution in [0.1, 0.15) is 16.1 Å². The molecule has 3 aromatic rings. The number of anilines is 1.